The Kier molecular flexibility index (Phi) is 5.98. The number of carbonyl (C=O) groups excluding carboxylic acids is 3. The molecule has 35 heavy (non-hydrogen) atoms. The molecule has 0 bridgehead atoms. The highest BCUT2D eigenvalue weighted by atomic mass is 16.6. The summed E-state index contributed by atoms with van der Waals surface area (Å²) in [5, 5.41) is 18.3. The number of carbonyl (C=O) groups is 3. The SMILES string of the molecule is CC(C(=O)Nc1ccnn1Cc1ccc(C(C)(C)C)cc1)N1C(=O)c2cccc([N+](=O)[O-])c2C1=O. The maximum absolute atomic E-state index is 13.0. The molecule has 10 nitrogen and oxygen atoms in total. The summed E-state index contributed by atoms with van der Waals surface area (Å²) in [5.41, 5.74) is 1.36. The number of nitro benzene ring substituents is 1. The van der Waals surface area contributed by atoms with Crippen molar-refractivity contribution in [2.75, 3.05) is 5.32 Å². The number of imide groups is 1. The van der Waals surface area contributed by atoms with Gasteiger partial charge in [-0.05, 0) is 29.5 Å². The smallest absolute Gasteiger partial charge is 0.282 e. The Bertz CT molecular complexity index is 1340. The van der Waals surface area contributed by atoms with Crippen LogP contribution in [0, 0.1) is 10.1 Å². The van der Waals surface area contributed by atoms with Crippen LogP contribution in [0.4, 0.5) is 11.5 Å². The lowest BCUT2D eigenvalue weighted by atomic mass is 9.87. The first-order chi connectivity index (χ1) is 16.5. The normalized spacial score (nSPS) is 14.1. The van der Waals surface area contributed by atoms with E-state index in [1.807, 2.05) is 12.1 Å². The number of fused-ring (bicyclic) bond motifs is 1. The summed E-state index contributed by atoms with van der Waals surface area (Å²) in [6.45, 7) is 8.21. The van der Waals surface area contributed by atoms with E-state index in [1.165, 1.54) is 30.8 Å². The highest BCUT2D eigenvalue weighted by Crippen LogP contribution is 2.32. The molecule has 3 aromatic rings. The van der Waals surface area contributed by atoms with Crippen molar-refractivity contribution < 1.29 is 19.3 Å². The minimum Gasteiger partial charge on any atom is -0.309 e. The maximum atomic E-state index is 13.0. The Morgan fingerprint density at radius 3 is 2.40 bits per heavy atom. The van der Waals surface area contributed by atoms with E-state index in [9.17, 15) is 24.5 Å². The van der Waals surface area contributed by atoms with Crippen molar-refractivity contribution in [3.8, 4) is 0 Å². The lowest BCUT2D eigenvalue weighted by molar-refractivity contribution is -0.385. The fourth-order valence-electron chi connectivity index (χ4n) is 3.99. The van der Waals surface area contributed by atoms with Gasteiger partial charge >= 0.3 is 0 Å². The molecule has 0 aliphatic carbocycles. The second-order valence-corrected chi connectivity index (χ2v) is 9.42. The van der Waals surface area contributed by atoms with Gasteiger partial charge in [-0.15, -0.1) is 0 Å². The van der Waals surface area contributed by atoms with Gasteiger partial charge in [0, 0.05) is 12.1 Å². The molecule has 1 aromatic heterocycles. The first-order valence-corrected chi connectivity index (χ1v) is 11.1. The van der Waals surface area contributed by atoms with Crippen LogP contribution in [-0.2, 0) is 16.8 Å². The third kappa shape index (κ3) is 4.42. The van der Waals surface area contributed by atoms with Gasteiger partial charge in [-0.25, -0.2) is 4.68 Å². The number of anilines is 1. The standard InChI is InChI=1S/C25H25N5O5/c1-15(29-23(32)18-6-5-7-19(30(34)35)21(18)24(29)33)22(31)27-20-12-13-26-28(20)14-16-8-10-17(11-9-16)25(2,3)4/h5-13,15H,14H2,1-4H3,(H,27,31). The lowest BCUT2D eigenvalue weighted by Crippen LogP contribution is -2.45. The van der Waals surface area contributed by atoms with Crippen molar-refractivity contribution in [1.82, 2.24) is 14.7 Å². The van der Waals surface area contributed by atoms with Crippen LogP contribution in [0.2, 0.25) is 0 Å². The number of rotatable bonds is 6. The maximum Gasteiger partial charge on any atom is 0.282 e. The molecule has 0 saturated heterocycles. The van der Waals surface area contributed by atoms with Crippen molar-refractivity contribution >= 4 is 29.2 Å². The number of benzene rings is 2. The largest absolute Gasteiger partial charge is 0.309 e. The third-order valence-electron chi connectivity index (χ3n) is 6.01. The third-order valence-corrected chi connectivity index (χ3v) is 6.01. The highest BCUT2D eigenvalue weighted by Gasteiger charge is 2.45. The molecule has 0 spiro atoms. The zero-order valence-corrected chi connectivity index (χ0v) is 19.8. The van der Waals surface area contributed by atoms with Crippen molar-refractivity contribution in [3.05, 3.63) is 87.1 Å². The molecule has 1 atom stereocenters. The van der Waals surface area contributed by atoms with E-state index in [0.717, 1.165) is 16.5 Å². The van der Waals surface area contributed by atoms with Gasteiger partial charge in [0.25, 0.3) is 17.5 Å². The minimum atomic E-state index is -1.20. The zero-order valence-electron chi connectivity index (χ0n) is 19.8. The van der Waals surface area contributed by atoms with E-state index in [2.05, 4.69) is 43.3 Å². The van der Waals surface area contributed by atoms with Crippen molar-refractivity contribution in [2.45, 2.75) is 45.7 Å². The van der Waals surface area contributed by atoms with Gasteiger partial charge in [0.2, 0.25) is 5.91 Å². The average molecular weight is 476 g/mol. The van der Waals surface area contributed by atoms with E-state index in [-0.39, 0.29) is 16.5 Å². The summed E-state index contributed by atoms with van der Waals surface area (Å²) < 4.78 is 1.60. The van der Waals surface area contributed by atoms with Gasteiger partial charge in [0.05, 0.1) is 23.2 Å². The van der Waals surface area contributed by atoms with Crippen LogP contribution < -0.4 is 5.32 Å². The van der Waals surface area contributed by atoms with Crippen molar-refractivity contribution in [3.63, 3.8) is 0 Å². The number of hydrogen-bond acceptors (Lipinski definition) is 6. The first kappa shape index (κ1) is 23.8. The van der Waals surface area contributed by atoms with Crippen LogP contribution in [0.25, 0.3) is 0 Å². The Morgan fingerprint density at radius 2 is 1.77 bits per heavy atom. The summed E-state index contributed by atoms with van der Waals surface area (Å²) in [6.07, 6.45) is 1.54. The zero-order chi connectivity index (χ0) is 25.5. The van der Waals surface area contributed by atoms with E-state index >= 15 is 0 Å². The number of aromatic nitrogens is 2. The monoisotopic (exact) mass is 475 g/mol. The Hall–Kier alpha value is -4.34. The van der Waals surface area contributed by atoms with E-state index in [0.29, 0.717) is 12.4 Å². The lowest BCUT2D eigenvalue weighted by Gasteiger charge is -2.22. The number of hydrogen-bond donors (Lipinski definition) is 1. The molecule has 0 fully saturated rings. The summed E-state index contributed by atoms with van der Waals surface area (Å²) in [6, 6.07) is 12.4. The van der Waals surface area contributed by atoms with Crippen LogP contribution >= 0.6 is 0 Å². The van der Waals surface area contributed by atoms with Gasteiger partial charge < -0.3 is 5.32 Å². The first-order valence-electron chi connectivity index (χ1n) is 11.1. The van der Waals surface area contributed by atoms with Gasteiger partial charge in [0.15, 0.2) is 0 Å². The molecule has 0 saturated carbocycles. The fraction of sp³-hybridized carbons (Fsp3) is 0.280. The van der Waals surface area contributed by atoms with Crippen LogP contribution in [0.15, 0.2) is 54.7 Å². The molecular formula is C25H25N5O5. The molecule has 1 aliphatic heterocycles. The molecule has 1 N–H and O–H groups in total. The number of amides is 3. The predicted molar refractivity (Wildman–Crippen MR) is 128 cm³/mol. The van der Waals surface area contributed by atoms with Crippen LogP contribution in [0.3, 0.4) is 0 Å². The minimum absolute atomic E-state index is 0.0318. The average Bonchev–Trinajstić information content (AvgIpc) is 3.34. The van der Waals surface area contributed by atoms with Gasteiger partial charge in [-0.2, -0.15) is 5.10 Å². The van der Waals surface area contributed by atoms with Gasteiger partial charge in [-0.1, -0.05) is 51.1 Å². The van der Waals surface area contributed by atoms with Gasteiger partial charge in [0.1, 0.15) is 17.4 Å². The predicted octanol–water partition coefficient (Wildman–Crippen LogP) is 3.76. The van der Waals surface area contributed by atoms with Crippen LogP contribution in [0.1, 0.15) is 59.5 Å². The number of nitro groups is 1. The Balaban J connectivity index is 1.50. The summed E-state index contributed by atoms with van der Waals surface area (Å²) >= 11 is 0. The Labute approximate surface area is 201 Å². The van der Waals surface area contributed by atoms with Crippen molar-refractivity contribution in [2.24, 2.45) is 0 Å². The second kappa shape index (κ2) is 8.79. The van der Waals surface area contributed by atoms with Gasteiger partial charge in [-0.3, -0.25) is 29.4 Å². The quantitative estimate of drug-likeness (QED) is 0.328. The number of nitrogens with one attached hydrogen (secondary N) is 1. The molecule has 180 valence electrons. The number of nitrogens with zero attached hydrogens (tertiary/aromatic N) is 4. The molecule has 1 unspecified atom stereocenters. The second-order valence-electron chi connectivity index (χ2n) is 9.42. The molecule has 3 amide bonds. The molecular weight excluding hydrogens is 450 g/mol. The summed E-state index contributed by atoms with van der Waals surface area (Å²) in [5.74, 6) is -1.84. The molecule has 0 radical (unpaired) electrons. The fourth-order valence-corrected chi connectivity index (χ4v) is 3.99. The summed E-state index contributed by atoms with van der Waals surface area (Å²) in [7, 11) is 0. The molecule has 2 heterocycles. The topological polar surface area (TPSA) is 127 Å². The van der Waals surface area contributed by atoms with Crippen LogP contribution in [-0.4, -0.2) is 43.4 Å². The molecule has 1 aliphatic rings. The molecule has 10 heteroatoms. The van der Waals surface area contributed by atoms with E-state index < -0.39 is 34.4 Å². The Morgan fingerprint density at radius 1 is 1.09 bits per heavy atom. The molecule has 4 rings (SSSR count). The van der Waals surface area contributed by atoms with E-state index in [1.54, 1.807) is 10.7 Å². The van der Waals surface area contributed by atoms with E-state index in [4.69, 9.17) is 0 Å². The van der Waals surface area contributed by atoms with Crippen molar-refractivity contribution in [1.29, 1.82) is 0 Å². The van der Waals surface area contributed by atoms with Crippen LogP contribution in [0.5, 0.6) is 0 Å². The summed E-state index contributed by atoms with van der Waals surface area (Å²) in [4.78, 5) is 50.1. The highest BCUT2D eigenvalue weighted by molar-refractivity contribution is 6.24. The molecule has 2 aromatic carbocycles.